The van der Waals surface area contributed by atoms with Crippen molar-refractivity contribution in [3.8, 4) is 0 Å². The lowest BCUT2D eigenvalue weighted by Crippen LogP contribution is -2.62. The Morgan fingerprint density at radius 2 is 2.03 bits per heavy atom. The normalized spacial score (nSPS) is 24.0. The van der Waals surface area contributed by atoms with Crippen molar-refractivity contribution in [2.45, 2.75) is 76.3 Å². The van der Waals surface area contributed by atoms with Crippen molar-refractivity contribution in [1.82, 2.24) is 10.2 Å². The fraction of sp³-hybridized carbons (Fsp3) is 0.583. The number of likely N-dealkylation sites (tertiary alicyclic amines) is 1. The maximum atomic E-state index is 6.80. The molecule has 0 radical (unpaired) electrons. The summed E-state index contributed by atoms with van der Waals surface area (Å²) in [5.41, 5.74) is 9.66. The van der Waals surface area contributed by atoms with Crippen molar-refractivity contribution in [3.63, 3.8) is 0 Å². The van der Waals surface area contributed by atoms with Gasteiger partial charge in [-0.05, 0) is 50.3 Å². The lowest BCUT2D eigenvalue weighted by atomic mass is 9.72. The lowest BCUT2D eigenvalue weighted by molar-refractivity contribution is 0.0822. The molecule has 1 aromatic carbocycles. The predicted molar refractivity (Wildman–Crippen MR) is 126 cm³/mol. The number of unbranched alkanes of at least 4 members (excludes halogenated alkanes) is 2. The fourth-order valence-electron chi connectivity index (χ4n) is 4.88. The highest BCUT2D eigenvalue weighted by molar-refractivity contribution is 6.32. The van der Waals surface area contributed by atoms with Crippen molar-refractivity contribution in [3.05, 3.63) is 47.8 Å². The highest BCUT2D eigenvalue weighted by Crippen LogP contribution is 2.41. The van der Waals surface area contributed by atoms with Crippen LogP contribution in [0.5, 0.6) is 0 Å². The zero-order valence-electron chi connectivity index (χ0n) is 17.9. The number of rotatable bonds is 9. The average Bonchev–Trinajstić information content (AvgIpc) is 2.70. The standard InChI is InChI=1S/C24H37ClN4/c1-4-5-8-15-27-19(3)28-20-11-12-21(22(25)17-20)18(2)29-16-9-14-24(26)13-7-6-10-23(24)29/h11-12,17,23,27-28H,2-10,13-16,26H2,1H3. The minimum Gasteiger partial charge on any atom is -0.372 e. The highest BCUT2D eigenvalue weighted by atomic mass is 35.5. The Kier molecular flexibility index (Phi) is 7.53. The second-order valence-corrected chi connectivity index (χ2v) is 9.08. The van der Waals surface area contributed by atoms with E-state index in [4.69, 9.17) is 17.3 Å². The number of fused-ring (bicyclic) bond motifs is 1. The molecule has 1 saturated heterocycles. The number of benzene rings is 1. The van der Waals surface area contributed by atoms with Crippen LogP contribution in [0.2, 0.25) is 5.02 Å². The fourth-order valence-corrected chi connectivity index (χ4v) is 5.17. The molecule has 4 nitrogen and oxygen atoms in total. The van der Waals surface area contributed by atoms with Crippen molar-refractivity contribution in [2.75, 3.05) is 18.4 Å². The molecule has 0 amide bonds. The van der Waals surface area contributed by atoms with Crippen molar-refractivity contribution in [2.24, 2.45) is 5.73 Å². The Bertz CT molecular complexity index is 728. The van der Waals surface area contributed by atoms with E-state index in [1.54, 1.807) is 0 Å². The van der Waals surface area contributed by atoms with Crippen LogP contribution in [0, 0.1) is 0 Å². The van der Waals surface area contributed by atoms with Crippen LogP contribution < -0.4 is 16.4 Å². The molecule has 0 bridgehead atoms. The zero-order chi connectivity index (χ0) is 20.9. The molecule has 1 aromatic rings. The molecular weight excluding hydrogens is 380 g/mol. The van der Waals surface area contributed by atoms with E-state index in [-0.39, 0.29) is 5.54 Å². The van der Waals surface area contributed by atoms with E-state index in [1.807, 2.05) is 12.1 Å². The van der Waals surface area contributed by atoms with Crippen LogP contribution in [-0.4, -0.2) is 29.6 Å². The van der Waals surface area contributed by atoms with Crippen molar-refractivity contribution >= 4 is 23.0 Å². The maximum absolute atomic E-state index is 6.80. The molecule has 2 unspecified atom stereocenters. The molecule has 1 saturated carbocycles. The van der Waals surface area contributed by atoms with Crippen LogP contribution in [-0.2, 0) is 0 Å². The van der Waals surface area contributed by atoms with E-state index in [0.29, 0.717) is 11.1 Å². The number of nitrogens with zero attached hydrogens (tertiary/aromatic N) is 1. The summed E-state index contributed by atoms with van der Waals surface area (Å²) >= 11 is 6.67. The van der Waals surface area contributed by atoms with Crippen LogP contribution in [0.4, 0.5) is 5.69 Å². The second-order valence-electron chi connectivity index (χ2n) is 8.67. The second kappa shape index (κ2) is 9.90. The zero-order valence-corrected chi connectivity index (χ0v) is 18.7. The highest BCUT2D eigenvalue weighted by Gasteiger charge is 2.43. The first-order chi connectivity index (χ1) is 13.9. The number of hydrogen-bond acceptors (Lipinski definition) is 4. The van der Waals surface area contributed by atoms with E-state index >= 15 is 0 Å². The Hall–Kier alpha value is -1.65. The third-order valence-electron chi connectivity index (χ3n) is 6.49. The Balaban J connectivity index is 1.65. The molecule has 160 valence electrons. The van der Waals surface area contributed by atoms with Gasteiger partial charge in [-0.2, -0.15) is 0 Å². The number of hydrogen-bond donors (Lipinski definition) is 3. The molecule has 4 N–H and O–H groups in total. The number of nitrogens with one attached hydrogen (secondary N) is 2. The minimum absolute atomic E-state index is 0.0748. The van der Waals surface area contributed by atoms with Gasteiger partial charge in [-0.15, -0.1) is 0 Å². The average molecular weight is 417 g/mol. The molecule has 1 aliphatic heterocycles. The first kappa shape index (κ1) is 22.0. The Morgan fingerprint density at radius 3 is 2.79 bits per heavy atom. The molecule has 1 aliphatic carbocycles. The summed E-state index contributed by atoms with van der Waals surface area (Å²) in [6, 6.07) is 6.44. The largest absolute Gasteiger partial charge is 0.372 e. The third-order valence-corrected chi connectivity index (χ3v) is 6.80. The molecule has 5 heteroatoms. The van der Waals surface area contributed by atoms with E-state index < -0.39 is 0 Å². The number of nitrogens with two attached hydrogens (primary N) is 1. The van der Waals surface area contributed by atoms with Crippen LogP contribution >= 0.6 is 11.6 Å². The van der Waals surface area contributed by atoms with Gasteiger partial charge in [0.1, 0.15) is 0 Å². The Labute approximate surface area is 181 Å². The first-order valence-corrected chi connectivity index (χ1v) is 11.6. The van der Waals surface area contributed by atoms with Crippen molar-refractivity contribution < 1.29 is 0 Å². The van der Waals surface area contributed by atoms with Gasteiger partial charge in [0, 0.05) is 41.6 Å². The van der Waals surface area contributed by atoms with Gasteiger partial charge in [-0.25, -0.2) is 0 Å². The molecule has 2 atom stereocenters. The number of piperidine rings is 1. The van der Waals surface area contributed by atoms with Gasteiger partial charge in [0.15, 0.2) is 0 Å². The van der Waals surface area contributed by atoms with Gasteiger partial charge in [0.05, 0.1) is 10.8 Å². The minimum atomic E-state index is -0.0748. The molecule has 3 rings (SSSR count). The number of halogens is 1. The van der Waals surface area contributed by atoms with E-state index in [1.165, 1.54) is 25.7 Å². The molecule has 1 heterocycles. The summed E-state index contributed by atoms with van der Waals surface area (Å²) in [6.45, 7) is 12.6. The molecule has 0 spiro atoms. The topological polar surface area (TPSA) is 53.3 Å². The summed E-state index contributed by atoms with van der Waals surface area (Å²) in [6.07, 6.45) is 10.6. The Morgan fingerprint density at radius 1 is 1.24 bits per heavy atom. The summed E-state index contributed by atoms with van der Waals surface area (Å²) in [7, 11) is 0. The third kappa shape index (κ3) is 5.29. The number of anilines is 1. The predicted octanol–water partition coefficient (Wildman–Crippen LogP) is 5.71. The maximum Gasteiger partial charge on any atom is 0.0957 e. The SMILES string of the molecule is C=C(NCCCCC)Nc1ccc(C(=C)N2CCCC3(N)CCCCC23)c(Cl)c1. The quantitative estimate of drug-likeness (QED) is 0.451. The van der Waals surface area contributed by atoms with Crippen LogP contribution in [0.15, 0.2) is 37.2 Å². The summed E-state index contributed by atoms with van der Waals surface area (Å²) in [4.78, 5) is 2.42. The first-order valence-electron chi connectivity index (χ1n) is 11.2. The van der Waals surface area contributed by atoms with Gasteiger partial charge in [0.2, 0.25) is 0 Å². The molecule has 2 fully saturated rings. The smallest absolute Gasteiger partial charge is 0.0957 e. The summed E-state index contributed by atoms with van der Waals surface area (Å²) < 4.78 is 0. The summed E-state index contributed by atoms with van der Waals surface area (Å²) in [5.74, 6) is 0.801. The van der Waals surface area contributed by atoms with Gasteiger partial charge < -0.3 is 21.3 Å². The van der Waals surface area contributed by atoms with Gasteiger partial charge in [-0.3, -0.25) is 0 Å². The van der Waals surface area contributed by atoms with Gasteiger partial charge in [-0.1, -0.05) is 57.4 Å². The van der Waals surface area contributed by atoms with Gasteiger partial charge >= 0.3 is 0 Å². The van der Waals surface area contributed by atoms with E-state index in [2.05, 4.69) is 41.7 Å². The van der Waals surface area contributed by atoms with Crippen molar-refractivity contribution in [1.29, 1.82) is 0 Å². The van der Waals surface area contributed by atoms with E-state index in [0.717, 1.165) is 68.0 Å². The molecule has 29 heavy (non-hydrogen) atoms. The molecule has 2 aliphatic rings. The van der Waals surface area contributed by atoms with Crippen LogP contribution in [0.25, 0.3) is 5.70 Å². The summed E-state index contributed by atoms with van der Waals surface area (Å²) in [5, 5.41) is 7.34. The van der Waals surface area contributed by atoms with Crippen LogP contribution in [0.1, 0.15) is 70.3 Å². The molecule has 0 aromatic heterocycles. The molecular formula is C24H37ClN4. The van der Waals surface area contributed by atoms with Gasteiger partial charge in [0.25, 0.3) is 0 Å². The monoisotopic (exact) mass is 416 g/mol. The van der Waals surface area contributed by atoms with E-state index in [9.17, 15) is 0 Å². The van der Waals surface area contributed by atoms with Crippen LogP contribution in [0.3, 0.4) is 0 Å². The lowest BCUT2D eigenvalue weighted by Gasteiger charge is -2.52.